The van der Waals surface area contributed by atoms with E-state index in [1.54, 1.807) is 42.1 Å². The summed E-state index contributed by atoms with van der Waals surface area (Å²) in [5, 5.41) is 15.6. The number of alkyl halides is 2. The lowest BCUT2D eigenvalue weighted by atomic mass is 9.96. The van der Waals surface area contributed by atoms with Crippen LogP contribution < -0.4 is 27.0 Å². The number of rotatable bonds is 23. The van der Waals surface area contributed by atoms with Gasteiger partial charge in [0.25, 0.3) is 12.3 Å². The number of pyridine rings is 1. The smallest absolute Gasteiger partial charge is 0.329 e. The van der Waals surface area contributed by atoms with E-state index in [1.165, 1.54) is 34.6 Å². The third-order valence-electron chi connectivity index (χ3n) is 11.8. The van der Waals surface area contributed by atoms with Gasteiger partial charge in [0.2, 0.25) is 17.7 Å². The number of imidazole rings is 1. The number of ether oxygens (including phenoxy) is 2. The number of fused-ring (bicyclic) bond motifs is 1. The van der Waals surface area contributed by atoms with E-state index >= 15 is 0 Å². The van der Waals surface area contributed by atoms with E-state index in [-0.39, 0.29) is 40.7 Å². The summed E-state index contributed by atoms with van der Waals surface area (Å²) in [7, 11) is 1.69. The quantitative estimate of drug-likeness (QED) is 0.0390. The van der Waals surface area contributed by atoms with Crippen LogP contribution in [0.4, 0.5) is 20.3 Å². The van der Waals surface area contributed by atoms with Gasteiger partial charge in [0, 0.05) is 56.9 Å². The third kappa shape index (κ3) is 11.9. The van der Waals surface area contributed by atoms with Gasteiger partial charge in [-0.2, -0.15) is 5.10 Å². The van der Waals surface area contributed by atoms with Crippen LogP contribution >= 0.6 is 0 Å². The Kier molecular flexibility index (Phi) is 14.7. The van der Waals surface area contributed by atoms with Crippen LogP contribution in [0, 0.1) is 11.3 Å². The fourth-order valence-corrected chi connectivity index (χ4v) is 7.91. The normalized spacial score (nSPS) is 15.4. The van der Waals surface area contributed by atoms with Crippen LogP contribution in [0.2, 0.25) is 0 Å². The molecule has 8 rings (SSSR count). The lowest BCUT2D eigenvalue weighted by molar-refractivity contribution is -0.135. The van der Waals surface area contributed by atoms with Crippen molar-refractivity contribution < 1.29 is 37.1 Å². The summed E-state index contributed by atoms with van der Waals surface area (Å²) in [6.45, 7) is 8.60. The largest absolute Gasteiger partial charge is 0.444 e. The minimum absolute atomic E-state index is 0.0683. The highest BCUT2D eigenvalue weighted by Crippen LogP contribution is 2.31. The zero-order valence-corrected chi connectivity index (χ0v) is 37.9. The Bertz CT molecular complexity index is 2760. The molecule has 5 heterocycles. The third-order valence-corrected chi connectivity index (χ3v) is 11.8. The van der Waals surface area contributed by atoms with Crippen LogP contribution in [0.3, 0.4) is 0 Å². The summed E-state index contributed by atoms with van der Waals surface area (Å²) in [5.41, 5.74) is 3.40. The molecule has 1 unspecified atom stereocenters. The van der Waals surface area contributed by atoms with Crippen molar-refractivity contribution >= 4 is 40.3 Å². The number of piperidine rings is 1. The Balaban J connectivity index is 0.720. The summed E-state index contributed by atoms with van der Waals surface area (Å²) in [6, 6.07) is 15.9. The van der Waals surface area contributed by atoms with Gasteiger partial charge in [0.15, 0.2) is 11.4 Å². The van der Waals surface area contributed by atoms with E-state index in [0.717, 1.165) is 49.0 Å². The minimum Gasteiger partial charge on any atom is -0.444 e. The predicted molar refractivity (Wildman–Crippen MR) is 246 cm³/mol. The van der Waals surface area contributed by atoms with E-state index < -0.39 is 30.0 Å². The maximum Gasteiger partial charge on any atom is 0.329 e. The number of benzene rings is 2. The van der Waals surface area contributed by atoms with Crippen LogP contribution in [-0.2, 0) is 39.1 Å². The molecule has 0 bridgehead atoms. The number of carbonyl (C=O) groups is 3. The van der Waals surface area contributed by atoms with E-state index in [9.17, 15) is 28.0 Å². The maximum absolute atomic E-state index is 14.1. The van der Waals surface area contributed by atoms with Crippen LogP contribution in [0.1, 0.15) is 92.1 Å². The molecule has 354 valence electrons. The minimum atomic E-state index is -2.93. The van der Waals surface area contributed by atoms with Crippen LogP contribution in [0.25, 0.3) is 28.2 Å². The second-order valence-corrected chi connectivity index (χ2v) is 18.0. The number of nitrogens with zero attached hydrogens (tertiary/aromatic N) is 6. The van der Waals surface area contributed by atoms with E-state index in [4.69, 9.17) is 13.9 Å². The number of imide groups is 1. The van der Waals surface area contributed by atoms with Gasteiger partial charge in [0.05, 0.1) is 41.8 Å². The molecule has 1 saturated carbocycles. The lowest BCUT2D eigenvalue weighted by Crippen LogP contribution is -2.44. The Hall–Kier alpha value is -6.57. The molecule has 2 aliphatic rings. The topological polar surface area (TPSA) is 201 Å². The summed E-state index contributed by atoms with van der Waals surface area (Å²) < 4.78 is 50.0. The molecule has 1 aliphatic heterocycles. The molecule has 67 heavy (non-hydrogen) atoms. The first kappa shape index (κ1) is 46.9. The molecule has 3 amide bonds. The van der Waals surface area contributed by atoms with Gasteiger partial charge in [-0.3, -0.25) is 28.8 Å². The second-order valence-electron chi connectivity index (χ2n) is 18.0. The van der Waals surface area contributed by atoms with Gasteiger partial charge >= 0.3 is 5.69 Å². The first-order chi connectivity index (χ1) is 32.3. The van der Waals surface area contributed by atoms with Crippen molar-refractivity contribution in [1.29, 1.82) is 0 Å². The molecular weight excluding hydrogens is 867 g/mol. The van der Waals surface area contributed by atoms with Gasteiger partial charge < -0.3 is 29.8 Å². The molecule has 4 aromatic heterocycles. The highest BCUT2D eigenvalue weighted by molar-refractivity contribution is 6.03. The van der Waals surface area contributed by atoms with Crippen molar-refractivity contribution in [3.05, 3.63) is 106 Å². The average molecular weight is 923 g/mol. The fourth-order valence-electron chi connectivity index (χ4n) is 7.91. The first-order valence-corrected chi connectivity index (χ1v) is 22.7. The maximum atomic E-state index is 14.1. The molecule has 2 fully saturated rings. The second kappa shape index (κ2) is 20.9. The highest BCUT2D eigenvalue weighted by Gasteiger charge is 2.31. The van der Waals surface area contributed by atoms with Crippen LogP contribution in [0.15, 0.2) is 82.5 Å². The molecule has 1 atom stereocenters. The monoisotopic (exact) mass is 922 g/mol. The molecule has 6 aromatic rings. The Labute approximate surface area is 385 Å². The number of halogens is 2. The van der Waals surface area contributed by atoms with Gasteiger partial charge in [-0.05, 0) is 98.5 Å². The van der Waals surface area contributed by atoms with Crippen LogP contribution in [-0.4, -0.2) is 86.1 Å². The molecule has 0 radical (unpaired) electrons. The van der Waals surface area contributed by atoms with Gasteiger partial charge in [0.1, 0.15) is 18.1 Å². The van der Waals surface area contributed by atoms with E-state index in [0.29, 0.717) is 67.9 Å². The average Bonchev–Trinajstić information content (AvgIpc) is 3.72. The van der Waals surface area contributed by atoms with Crippen molar-refractivity contribution in [1.82, 2.24) is 39.5 Å². The van der Waals surface area contributed by atoms with Gasteiger partial charge in [-0.25, -0.2) is 28.2 Å². The number of anilines is 2. The summed E-state index contributed by atoms with van der Waals surface area (Å²) in [5.74, 6) is 0.0579. The number of nitrogens with one attached hydrogen (secondary N) is 4. The van der Waals surface area contributed by atoms with E-state index in [1.807, 2.05) is 30.3 Å². The summed E-state index contributed by atoms with van der Waals surface area (Å²) >= 11 is 0. The number of aromatic nitrogens is 6. The standard InChI is InChI=1S/C48H56F2N10O7/c1-48(2,28-65-20-4-6-30-11-14-37-39(22-30)58(3)47(64)60(37)38-15-16-41(61)56-45(38)63)29-66-21-5-18-51-24-31-9-12-34(13-10-31)59-26-35(42(57-59)43(49)50)54-44(62)36-27-67-46(55-36)33-17-19-52-40(23-33)53-25-32-7-8-32/h9-14,17,19,22-23,26-27,32,38,43,51H,4-8,15-16,18,20-21,24-25,28-29H2,1-3H3,(H,52,53)(H,54,62)(H,56,61,63). The van der Waals surface area contributed by atoms with E-state index in [2.05, 4.69) is 50.2 Å². The predicted octanol–water partition coefficient (Wildman–Crippen LogP) is 6.74. The molecule has 19 heteroatoms. The van der Waals surface area contributed by atoms with Crippen molar-refractivity contribution in [2.45, 2.75) is 77.8 Å². The summed E-state index contributed by atoms with van der Waals surface area (Å²) in [4.78, 5) is 58.9. The molecule has 2 aromatic carbocycles. The zero-order valence-electron chi connectivity index (χ0n) is 37.9. The SMILES string of the molecule is Cn1c(=O)n(C2CCC(=O)NC2=O)c2ccc(CCCOCC(C)(C)COCCCNCc3ccc(-n4cc(NC(=O)c5coc(-c6ccnc(NCC7CC7)c6)n5)c(C(F)F)n4)cc3)cc21. The highest BCUT2D eigenvalue weighted by atomic mass is 19.3. The van der Waals surface area contributed by atoms with Crippen molar-refractivity contribution in [3.8, 4) is 17.1 Å². The molecule has 4 N–H and O–H groups in total. The lowest BCUT2D eigenvalue weighted by Gasteiger charge is -2.24. The number of oxazole rings is 1. The summed E-state index contributed by atoms with van der Waals surface area (Å²) in [6.07, 6.45) is 6.48. The zero-order chi connectivity index (χ0) is 47.1. The number of hydrogen-bond donors (Lipinski definition) is 4. The first-order valence-electron chi connectivity index (χ1n) is 22.7. The number of hydrogen-bond acceptors (Lipinski definition) is 12. The number of aryl methyl sites for hydroxylation is 2. The number of carbonyl (C=O) groups excluding carboxylic acids is 3. The fraction of sp³-hybridized carbons (Fsp3) is 0.438. The van der Waals surface area contributed by atoms with Crippen molar-refractivity contribution in [3.63, 3.8) is 0 Å². The van der Waals surface area contributed by atoms with Crippen LogP contribution in [0.5, 0.6) is 0 Å². The molecular formula is C48H56F2N10O7. The van der Waals surface area contributed by atoms with Crippen molar-refractivity contribution in [2.24, 2.45) is 18.4 Å². The molecule has 1 saturated heterocycles. The van der Waals surface area contributed by atoms with Gasteiger partial charge in [-0.1, -0.05) is 32.0 Å². The van der Waals surface area contributed by atoms with Gasteiger partial charge in [-0.15, -0.1) is 0 Å². The Morgan fingerprint density at radius 2 is 1.73 bits per heavy atom. The van der Waals surface area contributed by atoms with Crippen molar-refractivity contribution in [2.75, 3.05) is 50.2 Å². The molecule has 1 aliphatic carbocycles. The number of amides is 3. The molecule has 17 nitrogen and oxygen atoms in total. The Morgan fingerprint density at radius 3 is 2.48 bits per heavy atom. The Morgan fingerprint density at radius 1 is 0.970 bits per heavy atom. The molecule has 0 spiro atoms.